The normalized spacial score (nSPS) is 15.2. The number of urea groups is 1. The first-order chi connectivity index (χ1) is 8.16. The number of nitrogens with zero attached hydrogens (tertiary/aromatic N) is 1. The molecule has 0 spiro atoms. The van der Waals surface area contributed by atoms with Gasteiger partial charge in [-0.1, -0.05) is 0 Å². The highest BCUT2D eigenvalue weighted by atomic mass is 16.4. The topological polar surface area (TPSA) is 98.7 Å². The van der Waals surface area contributed by atoms with Crippen LogP contribution in [0.2, 0.25) is 0 Å². The third kappa shape index (κ3) is 5.03. The molecule has 0 aromatic heterocycles. The zero-order valence-corrected chi connectivity index (χ0v) is 11.4. The van der Waals surface area contributed by atoms with Crippen LogP contribution in [0.4, 0.5) is 4.79 Å². The summed E-state index contributed by atoms with van der Waals surface area (Å²) in [5, 5.41) is 13.7. The molecule has 0 radical (unpaired) electrons. The van der Waals surface area contributed by atoms with Gasteiger partial charge in [-0.3, -0.25) is 9.59 Å². The molecule has 0 aliphatic rings. The van der Waals surface area contributed by atoms with Crippen molar-refractivity contribution in [1.82, 2.24) is 15.5 Å². The molecule has 7 heteroatoms. The van der Waals surface area contributed by atoms with E-state index in [4.69, 9.17) is 5.11 Å². The zero-order chi connectivity index (χ0) is 14.5. The summed E-state index contributed by atoms with van der Waals surface area (Å²) in [6.07, 6.45) is 0. The first-order valence-electron chi connectivity index (χ1n) is 5.67. The fourth-order valence-corrected chi connectivity index (χ4v) is 1.23. The van der Waals surface area contributed by atoms with Gasteiger partial charge in [-0.15, -0.1) is 0 Å². The number of nitrogens with one attached hydrogen (secondary N) is 2. The number of aliphatic carboxylic acids is 1. The van der Waals surface area contributed by atoms with Crippen LogP contribution >= 0.6 is 0 Å². The minimum absolute atomic E-state index is 0.232. The molecule has 0 bridgehead atoms. The van der Waals surface area contributed by atoms with Crippen LogP contribution in [0.1, 0.15) is 20.8 Å². The summed E-state index contributed by atoms with van der Waals surface area (Å²) in [5.41, 5.74) is 0. The van der Waals surface area contributed by atoms with Gasteiger partial charge in [0.2, 0.25) is 5.91 Å². The highest BCUT2D eigenvalue weighted by Gasteiger charge is 2.23. The Balaban J connectivity index is 4.27. The molecular weight excluding hydrogens is 238 g/mol. The van der Waals surface area contributed by atoms with Gasteiger partial charge in [0.1, 0.15) is 6.04 Å². The molecule has 3 amide bonds. The number of likely N-dealkylation sites (N-methyl/N-ethyl adjacent to an activating group) is 1. The molecule has 3 N–H and O–H groups in total. The van der Waals surface area contributed by atoms with E-state index in [1.54, 1.807) is 27.9 Å². The van der Waals surface area contributed by atoms with Crippen molar-refractivity contribution in [3.8, 4) is 0 Å². The van der Waals surface area contributed by atoms with Crippen molar-refractivity contribution in [2.75, 3.05) is 14.1 Å². The Morgan fingerprint density at radius 2 is 1.56 bits per heavy atom. The number of amides is 3. The van der Waals surface area contributed by atoms with E-state index in [0.29, 0.717) is 0 Å². The Hall–Kier alpha value is -1.79. The Morgan fingerprint density at radius 1 is 1.06 bits per heavy atom. The Bertz CT molecular complexity index is 330. The van der Waals surface area contributed by atoms with Crippen LogP contribution in [0.15, 0.2) is 0 Å². The van der Waals surface area contributed by atoms with Crippen molar-refractivity contribution in [2.45, 2.75) is 32.9 Å². The molecule has 18 heavy (non-hydrogen) atoms. The number of carbonyl (C=O) groups excluding carboxylic acids is 2. The maximum Gasteiger partial charge on any atom is 0.315 e. The molecule has 0 saturated carbocycles. The molecule has 0 aliphatic carbocycles. The summed E-state index contributed by atoms with van der Waals surface area (Å²) in [7, 11) is 3.18. The second kappa shape index (κ2) is 6.83. The Morgan fingerprint density at radius 3 is 1.94 bits per heavy atom. The lowest BCUT2D eigenvalue weighted by Gasteiger charge is -2.21. The maximum absolute atomic E-state index is 11.5. The first-order valence-corrected chi connectivity index (χ1v) is 5.67. The second-order valence-electron chi connectivity index (χ2n) is 4.49. The monoisotopic (exact) mass is 259 g/mol. The predicted molar refractivity (Wildman–Crippen MR) is 66.1 cm³/mol. The van der Waals surface area contributed by atoms with Gasteiger partial charge < -0.3 is 20.6 Å². The number of carboxylic acids is 1. The van der Waals surface area contributed by atoms with Crippen LogP contribution in [0.25, 0.3) is 0 Å². The highest BCUT2D eigenvalue weighted by Crippen LogP contribution is 2.02. The largest absolute Gasteiger partial charge is 0.481 e. The summed E-state index contributed by atoms with van der Waals surface area (Å²) in [4.78, 5) is 35.1. The summed E-state index contributed by atoms with van der Waals surface area (Å²) in [5.74, 6) is -1.92. The molecule has 3 atom stereocenters. The molecule has 0 aromatic rings. The van der Waals surface area contributed by atoms with Gasteiger partial charge in [0.15, 0.2) is 0 Å². The van der Waals surface area contributed by atoms with Gasteiger partial charge in [0, 0.05) is 20.1 Å². The van der Waals surface area contributed by atoms with Crippen LogP contribution < -0.4 is 10.6 Å². The van der Waals surface area contributed by atoms with Crippen LogP contribution in [0.5, 0.6) is 0 Å². The standard InChI is InChI=1S/C11H21N3O4/c1-6(10(16)17)7(2)12-11(18)13-8(3)9(15)14(4)5/h6-8H,1-5H3,(H,16,17)(H2,12,13,18). The zero-order valence-electron chi connectivity index (χ0n) is 11.4. The van der Waals surface area contributed by atoms with Crippen molar-refractivity contribution in [2.24, 2.45) is 5.92 Å². The number of carbonyl (C=O) groups is 3. The van der Waals surface area contributed by atoms with E-state index >= 15 is 0 Å². The quantitative estimate of drug-likeness (QED) is 0.640. The first kappa shape index (κ1) is 16.2. The summed E-state index contributed by atoms with van der Waals surface area (Å²) < 4.78 is 0. The third-order valence-electron chi connectivity index (χ3n) is 2.66. The van der Waals surface area contributed by atoms with Crippen LogP contribution in [-0.2, 0) is 9.59 Å². The molecule has 7 nitrogen and oxygen atoms in total. The minimum Gasteiger partial charge on any atom is -0.481 e. The lowest BCUT2D eigenvalue weighted by molar-refractivity contribution is -0.141. The van der Waals surface area contributed by atoms with Crippen molar-refractivity contribution >= 4 is 17.9 Å². The van der Waals surface area contributed by atoms with Gasteiger partial charge in [0.05, 0.1) is 5.92 Å². The molecule has 0 fully saturated rings. The smallest absolute Gasteiger partial charge is 0.315 e. The third-order valence-corrected chi connectivity index (χ3v) is 2.66. The van der Waals surface area contributed by atoms with E-state index in [1.165, 1.54) is 11.8 Å². The fraction of sp³-hybridized carbons (Fsp3) is 0.727. The van der Waals surface area contributed by atoms with E-state index in [2.05, 4.69) is 10.6 Å². The van der Waals surface area contributed by atoms with E-state index in [0.717, 1.165) is 0 Å². The molecular formula is C11H21N3O4. The maximum atomic E-state index is 11.5. The lowest BCUT2D eigenvalue weighted by Crippen LogP contribution is -2.51. The molecule has 0 rings (SSSR count). The van der Waals surface area contributed by atoms with E-state index in [-0.39, 0.29) is 5.91 Å². The van der Waals surface area contributed by atoms with Crippen LogP contribution in [0, 0.1) is 5.92 Å². The minimum atomic E-state index is -0.986. The average Bonchev–Trinajstić information content (AvgIpc) is 2.25. The van der Waals surface area contributed by atoms with Crippen LogP contribution in [0.3, 0.4) is 0 Å². The predicted octanol–water partition coefficient (Wildman–Crippen LogP) is -0.128. The molecule has 0 aromatic carbocycles. The van der Waals surface area contributed by atoms with Crippen molar-refractivity contribution in [3.05, 3.63) is 0 Å². The van der Waals surface area contributed by atoms with E-state index < -0.39 is 30.0 Å². The molecule has 0 saturated heterocycles. The second-order valence-corrected chi connectivity index (χ2v) is 4.49. The van der Waals surface area contributed by atoms with Gasteiger partial charge in [-0.2, -0.15) is 0 Å². The SMILES string of the molecule is CC(NC(=O)NC(C)C(C)C(=O)O)C(=O)N(C)C. The van der Waals surface area contributed by atoms with Gasteiger partial charge in [-0.05, 0) is 20.8 Å². The number of hydrogen-bond donors (Lipinski definition) is 3. The Labute approximate surface area is 107 Å². The fourth-order valence-electron chi connectivity index (χ4n) is 1.23. The summed E-state index contributed by atoms with van der Waals surface area (Å²) in [6.45, 7) is 4.66. The Kier molecular flexibility index (Phi) is 6.15. The molecule has 104 valence electrons. The average molecular weight is 259 g/mol. The summed E-state index contributed by atoms with van der Waals surface area (Å²) in [6, 6.07) is -1.74. The molecule has 3 unspecified atom stereocenters. The van der Waals surface area contributed by atoms with E-state index in [9.17, 15) is 14.4 Å². The van der Waals surface area contributed by atoms with Crippen molar-refractivity contribution in [3.63, 3.8) is 0 Å². The van der Waals surface area contributed by atoms with Crippen molar-refractivity contribution < 1.29 is 19.5 Å². The molecule has 0 heterocycles. The van der Waals surface area contributed by atoms with Gasteiger partial charge >= 0.3 is 12.0 Å². The molecule has 0 aliphatic heterocycles. The highest BCUT2D eigenvalue weighted by molar-refractivity contribution is 5.86. The lowest BCUT2D eigenvalue weighted by atomic mass is 10.0. The van der Waals surface area contributed by atoms with E-state index in [1.807, 2.05) is 0 Å². The van der Waals surface area contributed by atoms with Crippen LogP contribution in [-0.4, -0.2) is 54.1 Å². The number of rotatable bonds is 5. The van der Waals surface area contributed by atoms with Gasteiger partial charge in [0.25, 0.3) is 0 Å². The number of hydrogen-bond acceptors (Lipinski definition) is 3. The van der Waals surface area contributed by atoms with Crippen molar-refractivity contribution in [1.29, 1.82) is 0 Å². The van der Waals surface area contributed by atoms with Gasteiger partial charge in [-0.25, -0.2) is 4.79 Å². The summed E-state index contributed by atoms with van der Waals surface area (Å²) >= 11 is 0. The number of carboxylic acid groups (broad SMARTS) is 1.